The van der Waals surface area contributed by atoms with Crippen molar-refractivity contribution in [3.63, 3.8) is 0 Å². The van der Waals surface area contributed by atoms with Crippen LogP contribution in [0.3, 0.4) is 0 Å². The Labute approximate surface area is 216 Å². The molecule has 0 N–H and O–H groups in total. The van der Waals surface area contributed by atoms with E-state index in [2.05, 4.69) is 91.0 Å². The lowest BCUT2D eigenvalue weighted by Crippen LogP contribution is -2.47. The van der Waals surface area contributed by atoms with E-state index in [0.717, 1.165) is 11.8 Å². The first-order valence-electron chi connectivity index (χ1n) is 14.8. The van der Waals surface area contributed by atoms with Gasteiger partial charge in [-0.2, -0.15) is 0 Å². The van der Waals surface area contributed by atoms with E-state index in [9.17, 15) is 0 Å². The minimum atomic E-state index is 0.379. The first-order valence-corrected chi connectivity index (χ1v) is 14.8. The minimum Gasteiger partial charge on any atom is -0.0802 e. The van der Waals surface area contributed by atoms with Crippen LogP contribution in [-0.2, 0) is 0 Å². The van der Waals surface area contributed by atoms with Crippen LogP contribution in [0.4, 0.5) is 0 Å². The third kappa shape index (κ3) is 4.12. The van der Waals surface area contributed by atoms with E-state index in [-0.39, 0.29) is 0 Å². The van der Waals surface area contributed by atoms with Gasteiger partial charge in [-0.3, -0.25) is 0 Å². The van der Waals surface area contributed by atoms with Crippen LogP contribution in [0.5, 0.6) is 0 Å². The Morgan fingerprint density at radius 2 is 1.69 bits per heavy atom. The molecule has 0 aliphatic heterocycles. The van der Waals surface area contributed by atoms with Gasteiger partial charge in [0, 0.05) is 0 Å². The van der Waals surface area contributed by atoms with Gasteiger partial charge in [0.25, 0.3) is 0 Å². The van der Waals surface area contributed by atoms with Gasteiger partial charge in [-0.05, 0) is 114 Å². The molecule has 0 saturated heterocycles. The quantitative estimate of drug-likeness (QED) is 0.401. The van der Waals surface area contributed by atoms with Crippen LogP contribution in [-0.4, -0.2) is 0 Å². The highest BCUT2D eigenvalue weighted by Crippen LogP contribution is 2.66. The van der Waals surface area contributed by atoms with E-state index >= 15 is 0 Å². The van der Waals surface area contributed by atoms with Gasteiger partial charge >= 0.3 is 0 Å². The van der Waals surface area contributed by atoms with Gasteiger partial charge in [0.1, 0.15) is 0 Å². The Balaban J connectivity index is 1.38. The van der Waals surface area contributed by atoms with Crippen LogP contribution < -0.4 is 0 Å². The second kappa shape index (κ2) is 9.08. The number of hydrogen-bond acceptors (Lipinski definition) is 0. The fourth-order valence-corrected chi connectivity index (χ4v) is 9.48. The van der Waals surface area contributed by atoms with E-state index in [4.69, 9.17) is 0 Å². The van der Waals surface area contributed by atoms with Crippen LogP contribution >= 0.6 is 0 Å². The van der Waals surface area contributed by atoms with E-state index in [0.29, 0.717) is 28.1 Å². The summed E-state index contributed by atoms with van der Waals surface area (Å²) in [4.78, 5) is 0. The molecule has 190 valence electrons. The van der Waals surface area contributed by atoms with Gasteiger partial charge < -0.3 is 0 Å². The van der Waals surface area contributed by atoms with E-state index < -0.39 is 0 Å². The van der Waals surface area contributed by atoms with Gasteiger partial charge in [-0.1, -0.05) is 103 Å². The molecule has 5 rings (SSSR count). The Bertz CT molecular complexity index is 1030. The zero-order valence-corrected chi connectivity index (χ0v) is 23.7. The van der Waals surface area contributed by atoms with Crippen molar-refractivity contribution < 1.29 is 0 Å². The molecule has 4 aliphatic rings. The average molecular weight is 471 g/mol. The average Bonchev–Trinajstić information content (AvgIpc) is 3.16. The molecule has 4 aliphatic carbocycles. The molecule has 1 aromatic carbocycles. The molecule has 35 heavy (non-hydrogen) atoms. The van der Waals surface area contributed by atoms with Gasteiger partial charge in [-0.15, -0.1) is 0 Å². The summed E-state index contributed by atoms with van der Waals surface area (Å²) in [5.74, 6) is 2.94. The van der Waals surface area contributed by atoms with Crippen LogP contribution in [0.2, 0.25) is 0 Å². The normalized spacial score (nSPS) is 35.3. The Hall–Kier alpha value is -1.56. The standard InChI is InChI=1S/C35H50/c1-24(2)27(26-12-9-8-10-13-26)15-14-25(3)29-17-18-30-28-16-19-32-33(4,5)21-11-22-35(32,7)31(28)20-23-34(29,30)6/h8-10,12-13,15,18,24-25,29,32H,11,14,16-17,19-23H2,1-7H3/t25-,29-,32?,34-,35-/m1/s1. The number of fused-ring (bicyclic) bond motifs is 4. The third-order valence-electron chi connectivity index (χ3n) is 11.3. The number of rotatable bonds is 5. The van der Waals surface area contributed by atoms with E-state index in [1.165, 1.54) is 68.9 Å². The highest BCUT2D eigenvalue weighted by Gasteiger charge is 2.55. The molecule has 1 fully saturated rings. The first kappa shape index (κ1) is 25.1. The van der Waals surface area contributed by atoms with Gasteiger partial charge in [0.05, 0.1) is 0 Å². The Kier molecular flexibility index (Phi) is 6.51. The molecule has 5 atom stereocenters. The molecule has 0 aromatic heterocycles. The maximum Gasteiger partial charge on any atom is -0.00388 e. The zero-order chi connectivity index (χ0) is 25.0. The Morgan fingerprint density at radius 1 is 0.943 bits per heavy atom. The van der Waals surface area contributed by atoms with Crippen molar-refractivity contribution in [1.29, 1.82) is 0 Å². The van der Waals surface area contributed by atoms with Crippen LogP contribution in [0, 0.1) is 39.9 Å². The second-order valence-corrected chi connectivity index (χ2v) is 14.1. The Morgan fingerprint density at radius 3 is 2.40 bits per heavy atom. The lowest BCUT2D eigenvalue weighted by atomic mass is 9.47. The minimum absolute atomic E-state index is 0.379. The molecule has 0 amide bonds. The maximum absolute atomic E-state index is 2.71. The highest BCUT2D eigenvalue weighted by molar-refractivity contribution is 5.66. The van der Waals surface area contributed by atoms with Crippen molar-refractivity contribution in [2.24, 2.45) is 39.9 Å². The van der Waals surface area contributed by atoms with Crippen molar-refractivity contribution in [3.8, 4) is 0 Å². The SMILES string of the molecule is CC(C)C(=CC[C@@H](C)[C@H]1CC=C2C3=C(CC[C@@]21C)[C@@]1(C)CCCC(C)(C)C1CC3)c1ccccc1. The van der Waals surface area contributed by atoms with Crippen molar-refractivity contribution in [1.82, 2.24) is 0 Å². The largest absolute Gasteiger partial charge is 0.0802 e. The monoisotopic (exact) mass is 470 g/mol. The fraction of sp³-hybridized carbons (Fsp3) is 0.657. The van der Waals surface area contributed by atoms with E-state index in [1.54, 1.807) is 5.57 Å². The molecule has 1 unspecified atom stereocenters. The predicted octanol–water partition coefficient (Wildman–Crippen LogP) is 10.4. The van der Waals surface area contributed by atoms with Crippen LogP contribution in [0.1, 0.15) is 112 Å². The van der Waals surface area contributed by atoms with E-state index in [1.807, 2.05) is 11.1 Å². The predicted molar refractivity (Wildman–Crippen MR) is 152 cm³/mol. The molecule has 1 aromatic rings. The summed E-state index contributed by atoms with van der Waals surface area (Å²) in [7, 11) is 0. The third-order valence-corrected chi connectivity index (χ3v) is 11.3. The molecule has 0 radical (unpaired) electrons. The molecule has 0 nitrogen and oxygen atoms in total. The van der Waals surface area contributed by atoms with Gasteiger partial charge in [-0.25, -0.2) is 0 Å². The molecule has 0 spiro atoms. The summed E-state index contributed by atoms with van der Waals surface area (Å²) in [6, 6.07) is 11.1. The van der Waals surface area contributed by atoms with Crippen LogP contribution in [0.25, 0.3) is 5.57 Å². The summed E-state index contributed by atoms with van der Waals surface area (Å²) >= 11 is 0. The lowest BCUT2D eigenvalue weighted by Gasteiger charge is -2.58. The maximum atomic E-state index is 2.71. The summed E-state index contributed by atoms with van der Waals surface area (Å²) in [5, 5.41) is 0. The number of hydrogen-bond donors (Lipinski definition) is 0. The van der Waals surface area contributed by atoms with Crippen molar-refractivity contribution in [2.75, 3.05) is 0 Å². The molecular formula is C35H50. The summed E-state index contributed by atoms with van der Waals surface area (Å²) in [6.07, 6.45) is 17.5. The molecular weight excluding hydrogens is 420 g/mol. The molecule has 0 heteroatoms. The fourth-order valence-electron chi connectivity index (χ4n) is 9.48. The second-order valence-electron chi connectivity index (χ2n) is 14.1. The summed E-state index contributed by atoms with van der Waals surface area (Å²) < 4.78 is 0. The van der Waals surface area contributed by atoms with Crippen molar-refractivity contribution in [2.45, 2.75) is 106 Å². The zero-order valence-electron chi connectivity index (χ0n) is 23.7. The van der Waals surface area contributed by atoms with Crippen molar-refractivity contribution in [3.05, 3.63) is 64.8 Å². The smallest absolute Gasteiger partial charge is 0.00388 e. The summed E-state index contributed by atoms with van der Waals surface area (Å²) in [5.41, 5.74) is 9.77. The number of allylic oxidation sites excluding steroid dienone is 6. The topological polar surface area (TPSA) is 0 Å². The molecule has 0 bridgehead atoms. The van der Waals surface area contributed by atoms with Gasteiger partial charge in [0.15, 0.2) is 0 Å². The van der Waals surface area contributed by atoms with Crippen LogP contribution in [0.15, 0.2) is 59.2 Å². The van der Waals surface area contributed by atoms with Gasteiger partial charge in [0.2, 0.25) is 0 Å². The number of benzene rings is 1. The lowest BCUT2D eigenvalue weighted by molar-refractivity contribution is 0.00603. The molecule has 1 saturated carbocycles. The first-order chi connectivity index (χ1) is 16.6. The van der Waals surface area contributed by atoms with Crippen molar-refractivity contribution >= 4 is 5.57 Å². The highest BCUT2D eigenvalue weighted by atomic mass is 14.6. The summed E-state index contributed by atoms with van der Waals surface area (Å²) in [6.45, 7) is 17.7. The molecule has 0 heterocycles.